The van der Waals surface area contributed by atoms with E-state index in [-0.39, 0.29) is 5.91 Å². The number of rotatable bonds is 7. The van der Waals surface area contributed by atoms with Crippen LogP contribution in [0.5, 0.6) is 0 Å². The topological polar surface area (TPSA) is 64.2 Å². The van der Waals surface area contributed by atoms with Gasteiger partial charge in [-0.3, -0.25) is 9.69 Å². The summed E-state index contributed by atoms with van der Waals surface area (Å²) in [5.74, 6) is 0.531. The van der Waals surface area contributed by atoms with Gasteiger partial charge in [-0.2, -0.15) is 0 Å². The van der Waals surface area contributed by atoms with Crippen molar-refractivity contribution in [3.05, 3.63) is 90.0 Å². The molecular formula is C20H22N4O. The summed E-state index contributed by atoms with van der Waals surface area (Å²) in [4.78, 5) is 18.4. The van der Waals surface area contributed by atoms with E-state index in [0.29, 0.717) is 6.54 Å². The highest BCUT2D eigenvalue weighted by atomic mass is 16.1. The molecule has 0 aliphatic heterocycles. The Morgan fingerprint density at radius 3 is 2.40 bits per heavy atom. The molecule has 0 aliphatic rings. The van der Waals surface area contributed by atoms with Gasteiger partial charge in [-0.1, -0.05) is 60.7 Å². The van der Waals surface area contributed by atoms with Crippen molar-refractivity contribution in [3.8, 4) is 0 Å². The first-order chi connectivity index (χ1) is 12.1. The van der Waals surface area contributed by atoms with Gasteiger partial charge in [0.05, 0.1) is 6.54 Å². The number of aromatic nitrogens is 2. The summed E-state index contributed by atoms with van der Waals surface area (Å²) in [6.07, 6.45) is 3.74. The van der Waals surface area contributed by atoms with Gasteiger partial charge in [0.1, 0.15) is 11.9 Å². The maximum atomic E-state index is 12.0. The van der Waals surface area contributed by atoms with Crippen LogP contribution in [0.25, 0.3) is 0 Å². The number of carbonyl (C=O) groups excluding carboxylic acids is 1. The number of nitrogens with zero attached hydrogens (tertiary/aromatic N) is 3. The lowest BCUT2D eigenvalue weighted by atomic mass is 10.1. The zero-order valence-electron chi connectivity index (χ0n) is 14.2. The van der Waals surface area contributed by atoms with Crippen molar-refractivity contribution in [3.63, 3.8) is 0 Å². The smallest absolute Gasteiger partial charge is 0.239 e. The molecule has 25 heavy (non-hydrogen) atoms. The van der Waals surface area contributed by atoms with Crippen LogP contribution in [0.4, 0.5) is 0 Å². The number of imidazole rings is 1. The van der Waals surface area contributed by atoms with Crippen molar-refractivity contribution in [2.45, 2.75) is 19.1 Å². The van der Waals surface area contributed by atoms with Crippen LogP contribution in [0.1, 0.15) is 23.0 Å². The van der Waals surface area contributed by atoms with Crippen molar-refractivity contribution in [1.82, 2.24) is 14.5 Å². The number of carbonyl (C=O) groups is 1. The molecule has 0 radical (unpaired) electrons. The number of hydrogen-bond donors (Lipinski definition) is 1. The fourth-order valence-corrected chi connectivity index (χ4v) is 3.00. The Kier molecular flexibility index (Phi) is 5.26. The summed E-state index contributed by atoms with van der Waals surface area (Å²) in [7, 11) is 1.89. The van der Waals surface area contributed by atoms with Crippen LogP contribution in [-0.4, -0.2) is 27.4 Å². The second-order valence-electron chi connectivity index (χ2n) is 6.09. The van der Waals surface area contributed by atoms with Gasteiger partial charge >= 0.3 is 0 Å². The lowest BCUT2D eigenvalue weighted by molar-refractivity contribution is -0.123. The molecule has 0 aliphatic carbocycles. The predicted molar refractivity (Wildman–Crippen MR) is 97.6 cm³/mol. The third-order valence-electron chi connectivity index (χ3n) is 4.21. The van der Waals surface area contributed by atoms with Crippen molar-refractivity contribution in [1.29, 1.82) is 0 Å². The average molecular weight is 334 g/mol. The van der Waals surface area contributed by atoms with Gasteiger partial charge in [0.25, 0.3) is 0 Å². The van der Waals surface area contributed by atoms with Crippen LogP contribution in [-0.2, 0) is 17.9 Å². The standard InChI is InChI=1S/C20H22N4O/c1-23(19(20(21)25)17-10-6-3-7-11-17)15-18-22-12-13-24(18)14-16-8-4-2-5-9-16/h2-13,19H,14-15H2,1H3,(H2,21,25)/t19-/m0/s1. The minimum absolute atomic E-state index is 0.366. The van der Waals surface area contributed by atoms with E-state index in [0.717, 1.165) is 17.9 Å². The van der Waals surface area contributed by atoms with E-state index in [4.69, 9.17) is 5.73 Å². The average Bonchev–Trinajstić information content (AvgIpc) is 3.03. The molecule has 0 unspecified atom stereocenters. The highest BCUT2D eigenvalue weighted by Gasteiger charge is 2.23. The quantitative estimate of drug-likeness (QED) is 0.722. The fraction of sp³-hybridized carbons (Fsp3) is 0.200. The first kappa shape index (κ1) is 16.9. The highest BCUT2D eigenvalue weighted by Crippen LogP contribution is 2.20. The molecule has 2 N–H and O–H groups in total. The first-order valence-corrected chi connectivity index (χ1v) is 8.23. The molecule has 128 valence electrons. The van der Waals surface area contributed by atoms with E-state index in [1.54, 1.807) is 6.20 Å². The van der Waals surface area contributed by atoms with Gasteiger partial charge in [-0.15, -0.1) is 0 Å². The minimum atomic E-state index is -0.483. The third-order valence-corrected chi connectivity index (χ3v) is 4.21. The largest absolute Gasteiger partial charge is 0.368 e. The Hall–Kier alpha value is -2.92. The van der Waals surface area contributed by atoms with Crippen LogP contribution < -0.4 is 5.73 Å². The third kappa shape index (κ3) is 4.14. The van der Waals surface area contributed by atoms with Crippen molar-refractivity contribution >= 4 is 5.91 Å². The van der Waals surface area contributed by atoms with E-state index in [1.165, 1.54) is 5.56 Å². The molecule has 5 nitrogen and oxygen atoms in total. The number of benzene rings is 2. The zero-order chi connectivity index (χ0) is 17.6. The van der Waals surface area contributed by atoms with Gasteiger partial charge in [0, 0.05) is 18.9 Å². The zero-order valence-corrected chi connectivity index (χ0v) is 14.2. The molecule has 0 bridgehead atoms. The summed E-state index contributed by atoms with van der Waals surface area (Å²) in [6, 6.07) is 19.3. The Morgan fingerprint density at radius 2 is 1.76 bits per heavy atom. The molecule has 2 aromatic carbocycles. The molecule has 3 rings (SSSR count). The van der Waals surface area contributed by atoms with Gasteiger partial charge < -0.3 is 10.3 Å². The normalized spacial score (nSPS) is 12.2. The lowest BCUT2D eigenvalue weighted by Gasteiger charge is -2.25. The van der Waals surface area contributed by atoms with E-state index in [2.05, 4.69) is 21.7 Å². The van der Waals surface area contributed by atoms with E-state index in [9.17, 15) is 4.79 Å². The Morgan fingerprint density at radius 1 is 1.12 bits per heavy atom. The lowest BCUT2D eigenvalue weighted by Crippen LogP contribution is -2.35. The molecule has 1 amide bonds. The molecule has 1 atom stereocenters. The number of amides is 1. The monoisotopic (exact) mass is 334 g/mol. The summed E-state index contributed by atoms with van der Waals surface area (Å²) in [5, 5.41) is 0. The second kappa shape index (κ2) is 7.77. The maximum absolute atomic E-state index is 12.0. The van der Waals surface area contributed by atoms with Crippen LogP contribution >= 0.6 is 0 Å². The second-order valence-corrected chi connectivity index (χ2v) is 6.09. The van der Waals surface area contributed by atoms with Crippen molar-refractivity contribution in [2.24, 2.45) is 5.73 Å². The summed E-state index contributed by atoms with van der Waals surface area (Å²) >= 11 is 0. The Balaban J connectivity index is 1.77. The maximum Gasteiger partial charge on any atom is 0.239 e. The molecule has 0 saturated heterocycles. The highest BCUT2D eigenvalue weighted by molar-refractivity contribution is 5.81. The molecule has 0 spiro atoms. The van der Waals surface area contributed by atoms with Gasteiger partial charge in [-0.25, -0.2) is 4.98 Å². The summed E-state index contributed by atoms with van der Waals surface area (Å²) < 4.78 is 2.09. The molecule has 0 saturated carbocycles. The molecule has 0 fully saturated rings. The fourth-order valence-electron chi connectivity index (χ4n) is 3.00. The number of likely N-dealkylation sites (N-methyl/N-ethyl adjacent to an activating group) is 1. The van der Waals surface area contributed by atoms with Crippen LogP contribution in [0.15, 0.2) is 73.1 Å². The first-order valence-electron chi connectivity index (χ1n) is 8.23. The van der Waals surface area contributed by atoms with Gasteiger partial charge in [0.15, 0.2) is 0 Å². The molecule has 1 heterocycles. The number of nitrogens with two attached hydrogens (primary N) is 1. The summed E-state index contributed by atoms with van der Waals surface area (Å²) in [6.45, 7) is 1.28. The van der Waals surface area contributed by atoms with E-state index < -0.39 is 6.04 Å². The number of primary amides is 1. The Labute approximate surface area is 147 Å². The van der Waals surface area contributed by atoms with Crippen LogP contribution in [0.2, 0.25) is 0 Å². The van der Waals surface area contributed by atoms with E-state index in [1.807, 2.05) is 66.7 Å². The van der Waals surface area contributed by atoms with Crippen LogP contribution in [0, 0.1) is 0 Å². The van der Waals surface area contributed by atoms with Crippen molar-refractivity contribution in [2.75, 3.05) is 7.05 Å². The van der Waals surface area contributed by atoms with Gasteiger partial charge in [-0.05, 0) is 18.2 Å². The van der Waals surface area contributed by atoms with Gasteiger partial charge in [0.2, 0.25) is 5.91 Å². The Bertz CT molecular complexity index is 814. The van der Waals surface area contributed by atoms with E-state index >= 15 is 0 Å². The molecular weight excluding hydrogens is 312 g/mol. The minimum Gasteiger partial charge on any atom is -0.368 e. The number of hydrogen-bond acceptors (Lipinski definition) is 3. The molecule has 5 heteroatoms. The molecule has 1 aromatic heterocycles. The van der Waals surface area contributed by atoms with Crippen molar-refractivity contribution < 1.29 is 4.79 Å². The SMILES string of the molecule is CN(Cc1nccn1Cc1ccccc1)[C@H](C(N)=O)c1ccccc1. The predicted octanol–water partition coefficient (Wildman–Crippen LogP) is 2.59. The molecule has 3 aromatic rings. The summed E-state index contributed by atoms with van der Waals surface area (Å²) in [5.41, 5.74) is 7.75. The van der Waals surface area contributed by atoms with Crippen LogP contribution in [0.3, 0.4) is 0 Å².